The van der Waals surface area contributed by atoms with Crippen LogP contribution in [0.15, 0.2) is 24.7 Å². The molecule has 78 valence electrons. The zero-order valence-corrected chi connectivity index (χ0v) is 8.47. The van der Waals surface area contributed by atoms with Gasteiger partial charge in [0.2, 0.25) is 5.78 Å². The highest BCUT2D eigenvalue weighted by Crippen LogP contribution is 2.05. The number of ketones is 1. The highest BCUT2D eigenvalue weighted by atomic mass is 16.1. The zero-order chi connectivity index (χ0) is 10.7. The lowest BCUT2D eigenvalue weighted by atomic mass is 10.2. The molecule has 2 heterocycles. The van der Waals surface area contributed by atoms with Crippen molar-refractivity contribution >= 4 is 5.78 Å². The van der Waals surface area contributed by atoms with Gasteiger partial charge in [-0.2, -0.15) is 5.10 Å². The highest BCUT2D eigenvalue weighted by molar-refractivity contribution is 6.05. The summed E-state index contributed by atoms with van der Waals surface area (Å²) in [5, 5.41) is 4.09. The molecular weight excluding hydrogens is 192 g/mol. The molecule has 0 aromatic carbocycles. The molecule has 0 aliphatic heterocycles. The van der Waals surface area contributed by atoms with Crippen LogP contribution >= 0.6 is 0 Å². The van der Waals surface area contributed by atoms with E-state index in [1.165, 1.54) is 0 Å². The smallest absolute Gasteiger partial charge is 0.246 e. The molecule has 0 saturated heterocycles. The molecule has 5 heteroatoms. The third-order valence-electron chi connectivity index (χ3n) is 2.10. The molecule has 0 aliphatic carbocycles. The molecule has 0 aliphatic rings. The first-order valence-electron chi connectivity index (χ1n) is 4.89. The van der Waals surface area contributed by atoms with E-state index in [4.69, 9.17) is 0 Å². The number of hydrogen-bond acceptors (Lipinski definition) is 3. The first-order valence-corrected chi connectivity index (χ1v) is 4.89. The summed E-state index contributed by atoms with van der Waals surface area (Å²) >= 11 is 0. The van der Waals surface area contributed by atoms with Gasteiger partial charge in [-0.1, -0.05) is 6.92 Å². The summed E-state index contributed by atoms with van der Waals surface area (Å²) in [6, 6.07) is 1.71. The van der Waals surface area contributed by atoms with Gasteiger partial charge in [0.05, 0.1) is 0 Å². The maximum absolute atomic E-state index is 11.9. The number of aromatic nitrogens is 4. The summed E-state index contributed by atoms with van der Waals surface area (Å²) < 4.78 is 1.70. The predicted molar refractivity (Wildman–Crippen MR) is 54.5 cm³/mol. The number of carbonyl (C=O) groups is 1. The number of nitrogens with one attached hydrogen (secondary N) is 1. The van der Waals surface area contributed by atoms with Crippen LogP contribution < -0.4 is 0 Å². The minimum atomic E-state index is -0.119. The largest absolute Gasteiger partial charge is 0.342 e. The molecule has 0 spiro atoms. The number of nitrogens with zero attached hydrogens (tertiary/aromatic N) is 3. The number of H-pyrrole nitrogens is 1. The first kappa shape index (κ1) is 9.64. The average molecular weight is 204 g/mol. The van der Waals surface area contributed by atoms with Crippen LogP contribution in [-0.2, 0) is 6.54 Å². The molecular formula is C10H12N4O. The fraction of sp³-hybridized carbons (Fsp3) is 0.300. The lowest BCUT2D eigenvalue weighted by molar-refractivity contribution is 0.102. The number of hydrogen-bond donors (Lipinski definition) is 1. The molecule has 0 bridgehead atoms. The highest BCUT2D eigenvalue weighted by Gasteiger charge is 2.15. The molecule has 0 radical (unpaired) electrons. The second-order valence-electron chi connectivity index (χ2n) is 3.21. The molecule has 1 N–H and O–H groups in total. The Bertz CT molecular complexity index is 444. The van der Waals surface area contributed by atoms with Gasteiger partial charge in [-0.25, -0.2) is 4.98 Å². The standard InChI is InChI=1S/C10H12N4O/c1-2-7-14-8(3-4-13-14)9(15)10-11-5-6-12-10/h3-6H,2,7H2,1H3,(H,11,12). The molecule has 2 aromatic rings. The number of aromatic amines is 1. The Labute approximate surface area is 87.1 Å². The van der Waals surface area contributed by atoms with Crippen LogP contribution in [0.1, 0.15) is 29.7 Å². The average Bonchev–Trinajstić information content (AvgIpc) is 2.87. The summed E-state index contributed by atoms with van der Waals surface area (Å²) in [5.74, 6) is 0.235. The Morgan fingerprint density at radius 1 is 1.53 bits per heavy atom. The molecule has 0 saturated carbocycles. The number of rotatable bonds is 4. The maximum atomic E-state index is 11.9. The SMILES string of the molecule is CCCn1nccc1C(=O)c1ncc[nH]1. The van der Waals surface area contributed by atoms with Crippen LogP contribution in [-0.4, -0.2) is 25.5 Å². The monoisotopic (exact) mass is 204 g/mol. The van der Waals surface area contributed by atoms with Crippen LogP contribution in [0.2, 0.25) is 0 Å². The van der Waals surface area contributed by atoms with Crippen LogP contribution in [0.5, 0.6) is 0 Å². The quantitative estimate of drug-likeness (QED) is 0.762. The molecule has 2 rings (SSSR count). The molecule has 5 nitrogen and oxygen atoms in total. The third kappa shape index (κ3) is 1.81. The molecule has 0 amide bonds. The fourth-order valence-electron chi connectivity index (χ4n) is 1.43. The van der Waals surface area contributed by atoms with Crippen molar-refractivity contribution in [2.75, 3.05) is 0 Å². The Kier molecular flexibility index (Phi) is 2.62. The van der Waals surface area contributed by atoms with Gasteiger partial charge in [0.25, 0.3) is 0 Å². The number of carbonyl (C=O) groups excluding carboxylic acids is 1. The summed E-state index contributed by atoms with van der Waals surface area (Å²) in [6.45, 7) is 2.79. The zero-order valence-electron chi connectivity index (χ0n) is 8.47. The van der Waals surface area contributed by atoms with Crippen molar-refractivity contribution in [3.63, 3.8) is 0 Å². The van der Waals surface area contributed by atoms with E-state index in [0.29, 0.717) is 11.5 Å². The number of aryl methyl sites for hydroxylation is 1. The van der Waals surface area contributed by atoms with Gasteiger partial charge in [-0.15, -0.1) is 0 Å². The molecule has 0 fully saturated rings. The molecule has 2 aromatic heterocycles. The normalized spacial score (nSPS) is 10.5. The van der Waals surface area contributed by atoms with Crippen molar-refractivity contribution in [2.45, 2.75) is 19.9 Å². The van der Waals surface area contributed by atoms with Crippen molar-refractivity contribution in [3.05, 3.63) is 36.2 Å². The van der Waals surface area contributed by atoms with Crippen molar-refractivity contribution < 1.29 is 4.79 Å². The van der Waals surface area contributed by atoms with Crippen molar-refractivity contribution in [2.24, 2.45) is 0 Å². The van der Waals surface area contributed by atoms with Gasteiger partial charge < -0.3 is 4.98 Å². The van der Waals surface area contributed by atoms with Crippen LogP contribution in [0, 0.1) is 0 Å². The maximum Gasteiger partial charge on any atom is 0.246 e. The molecule has 0 unspecified atom stereocenters. The van der Waals surface area contributed by atoms with Gasteiger partial charge in [-0.3, -0.25) is 9.48 Å². The second kappa shape index (κ2) is 4.08. The lowest BCUT2D eigenvalue weighted by Crippen LogP contribution is -2.12. The fourth-order valence-corrected chi connectivity index (χ4v) is 1.43. The summed E-state index contributed by atoms with van der Waals surface area (Å²) in [6.07, 6.45) is 5.77. The van der Waals surface area contributed by atoms with Crippen molar-refractivity contribution in [3.8, 4) is 0 Å². The first-order chi connectivity index (χ1) is 7.33. The van der Waals surface area contributed by atoms with E-state index in [1.54, 1.807) is 29.3 Å². The van der Waals surface area contributed by atoms with Crippen LogP contribution in [0.4, 0.5) is 0 Å². The van der Waals surface area contributed by atoms with E-state index >= 15 is 0 Å². The topological polar surface area (TPSA) is 63.6 Å². The molecule has 0 atom stereocenters. The van der Waals surface area contributed by atoms with E-state index in [2.05, 4.69) is 15.1 Å². The third-order valence-corrected chi connectivity index (χ3v) is 2.10. The van der Waals surface area contributed by atoms with E-state index in [-0.39, 0.29) is 5.78 Å². The molecule has 15 heavy (non-hydrogen) atoms. The van der Waals surface area contributed by atoms with Gasteiger partial charge in [0.15, 0.2) is 5.82 Å². The van der Waals surface area contributed by atoms with E-state index in [0.717, 1.165) is 13.0 Å². The summed E-state index contributed by atoms with van der Waals surface area (Å²) in [5.41, 5.74) is 0.576. The van der Waals surface area contributed by atoms with Gasteiger partial charge in [0, 0.05) is 25.1 Å². The van der Waals surface area contributed by atoms with E-state index in [1.807, 2.05) is 6.92 Å². The van der Waals surface area contributed by atoms with Crippen molar-refractivity contribution in [1.29, 1.82) is 0 Å². The van der Waals surface area contributed by atoms with Gasteiger partial charge >= 0.3 is 0 Å². The number of imidazole rings is 1. The summed E-state index contributed by atoms with van der Waals surface area (Å²) in [4.78, 5) is 18.6. The van der Waals surface area contributed by atoms with Gasteiger partial charge in [0.1, 0.15) is 5.69 Å². The van der Waals surface area contributed by atoms with E-state index < -0.39 is 0 Å². The van der Waals surface area contributed by atoms with Gasteiger partial charge in [-0.05, 0) is 12.5 Å². The lowest BCUT2D eigenvalue weighted by Gasteiger charge is -2.02. The Morgan fingerprint density at radius 2 is 2.40 bits per heavy atom. The Balaban J connectivity index is 2.29. The Morgan fingerprint density at radius 3 is 3.07 bits per heavy atom. The second-order valence-corrected chi connectivity index (χ2v) is 3.21. The minimum absolute atomic E-state index is 0.119. The minimum Gasteiger partial charge on any atom is -0.342 e. The Hall–Kier alpha value is -1.91. The van der Waals surface area contributed by atoms with Crippen LogP contribution in [0.25, 0.3) is 0 Å². The van der Waals surface area contributed by atoms with Crippen molar-refractivity contribution in [1.82, 2.24) is 19.7 Å². The van der Waals surface area contributed by atoms with Crippen LogP contribution in [0.3, 0.4) is 0 Å². The summed E-state index contributed by atoms with van der Waals surface area (Å²) in [7, 11) is 0. The predicted octanol–water partition coefficient (Wildman–Crippen LogP) is 1.25. The van der Waals surface area contributed by atoms with E-state index in [9.17, 15) is 4.79 Å².